The van der Waals surface area contributed by atoms with Crippen molar-refractivity contribution in [1.82, 2.24) is 0 Å². The number of aliphatic hydroxyl groups is 1. The molecule has 6 saturated carbocycles. The first-order valence-corrected chi connectivity index (χ1v) is 15.9. The normalized spacial score (nSPS) is 56.9. The number of hydrogen-bond acceptors (Lipinski definition) is 1. The van der Waals surface area contributed by atoms with E-state index in [1.807, 2.05) is 0 Å². The molecular formula is C33H56O. The maximum absolute atomic E-state index is 10.3. The fourth-order valence-corrected chi connectivity index (χ4v) is 12.8. The molecule has 0 aromatic heterocycles. The predicted octanol–water partition coefficient (Wildman–Crippen LogP) is 9.03. The highest BCUT2D eigenvalue weighted by Gasteiger charge is 2.60. The molecule has 1 nitrogen and oxygen atoms in total. The van der Waals surface area contributed by atoms with E-state index in [1.54, 1.807) is 12.8 Å². The fraction of sp³-hybridized carbons (Fsp3) is 1.00. The topological polar surface area (TPSA) is 20.2 Å². The standard InChI is InChI=1S/C33H56O/c1-22-16-24-17-23(2)20-33(19-22,21-24)13-5-6-25-8-10-29-28-9-7-26-18-27(34)11-14-32(26,4)30(28)12-15-31(25,29)3/h22-30,34H,5-21H2,1-4H3. The third kappa shape index (κ3) is 3.96. The van der Waals surface area contributed by atoms with Gasteiger partial charge >= 0.3 is 0 Å². The Morgan fingerprint density at radius 1 is 0.735 bits per heavy atom. The molecule has 0 amide bonds. The Morgan fingerprint density at radius 3 is 2.21 bits per heavy atom. The molecule has 10 unspecified atom stereocenters. The molecule has 6 aliphatic carbocycles. The minimum Gasteiger partial charge on any atom is -0.393 e. The van der Waals surface area contributed by atoms with E-state index in [2.05, 4.69) is 27.7 Å². The monoisotopic (exact) mass is 468 g/mol. The van der Waals surface area contributed by atoms with Gasteiger partial charge in [-0.3, -0.25) is 0 Å². The molecule has 0 heterocycles. The van der Waals surface area contributed by atoms with Gasteiger partial charge in [-0.25, -0.2) is 0 Å². The van der Waals surface area contributed by atoms with Crippen LogP contribution in [0.2, 0.25) is 0 Å². The van der Waals surface area contributed by atoms with Crippen LogP contribution in [-0.2, 0) is 0 Å². The SMILES string of the molecule is CC1CC2CC(C)CC(CCCC3CCC4C5CCC6CC(O)CCC6(C)C5CCC34C)(C1)C2. The lowest BCUT2D eigenvalue weighted by atomic mass is 9.44. The first-order chi connectivity index (χ1) is 16.2. The second-order valence-corrected chi connectivity index (χ2v) is 16.0. The van der Waals surface area contributed by atoms with Crippen molar-refractivity contribution in [2.75, 3.05) is 0 Å². The van der Waals surface area contributed by atoms with Crippen LogP contribution >= 0.6 is 0 Å². The van der Waals surface area contributed by atoms with Gasteiger partial charge in [0.2, 0.25) is 0 Å². The highest BCUT2D eigenvalue weighted by Crippen LogP contribution is 2.68. The van der Waals surface area contributed by atoms with Crippen molar-refractivity contribution in [1.29, 1.82) is 0 Å². The molecule has 0 aliphatic heterocycles. The molecule has 10 atom stereocenters. The molecular weight excluding hydrogens is 412 g/mol. The first kappa shape index (κ1) is 24.3. The van der Waals surface area contributed by atoms with E-state index >= 15 is 0 Å². The van der Waals surface area contributed by atoms with Crippen LogP contribution in [0.1, 0.15) is 137 Å². The zero-order chi connectivity index (χ0) is 23.7. The second-order valence-electron chi connectivity index (χ2n) is 16.0. The maximum atomic E-state index is 10.3. The molecule has 34 heavy (non-hydrogen) atoms. The number of hydrogen-bond donors (Lipinski definition) is 1. The van der Waals surface area contributed by atoms with Crippen LogP contribution in [0.4, 0.5) is 0 Å². The lowest BCUT2D eigenvalue weighted by molar-refractivity contribution is -0.127. The molecule has 6 rings (SSSR count). The summed E-state index contributed by atoms with van der Waals surface area (Å²) in [4.78, 5) is 0. The third-order valence-electron chi connectivity index (χ3n) is 13.9. The quantitative estimate of drug-likeness (QED) is 0.436. The summed E-state index contributed by atoms with van der Waals surface area (Å²) in [6, 6.07) is 0. The van der Waals surface area contributed by atoms with E-state index in [-0.39, 0.29) is 6.10 Å². The number of aliphatic hydroxyl groups excluding tert-OH is 1. The van der Waals surface area contributed by atoms with Crippen LogP contribution in [-0.4, -0.2) is 11.2 Å². The summed E-state index contributed by atoms with van der Waals surface area (Å²) in [5.74, 6) is 7.78. The Labute approximate surface area is 211 Å². The lowest BCUT2D eigenvalue weighted by Gasteiger charge is -2.61. The van der Waals surface area contributed by atoms with Crippen LogP contribution in [0.25, 0.3) is 0 Å². The Morgan fingerprint density at radius 2 is 1.44 bits per heavy atom. The summed E-state index contributed by atoms with van der Waals surface area (Å²) in [5, 5.41) is 10.3. The Bertz CT molecular complexity index is 723. The van der Waals surface area contributed by atoms with E-state index in [4.69, 9.17) is 0 Å². The van der Waals surface area contributed by atoms with Crippen LogP contribution in [0.3, 0.4) is 0 Å². The summed E-state index contributed by atoms with van der Waals surface area (Å²) in [6.45, 7) is 10.5. The smallest absolute Gasteiger partial charge is 0.0543 e. The summed E-state index contributed by atoms with van der Waals surface area (Å²) < 4.78 is 0. The van der Waals surface area contributed by atoms with Gasteiger partial charge < -0.3 is 5.11 Å². The van der Waals surface area contributed by atoms with Crippen LogP contribution in [0.5, 0.6) is 0 Å². The van der Waals surface area contributed by atoms with Gasteiger partial charge in [-0.15, -0.1) is 0 Å². The second kappa shape index (κ2) is 8.77. The molecule has 2 bridgehead atoms. The van der Waals surface area contributed by atoms with Crippen LogP contribution in [0, 0.1) is 63.6 Å². The van der Waals surface area contributed by atoms with Crippen LogP contribution < -0.4 is 0 Å². The number of rotatable bonds is 4. The van der Waals surface area contributed by atoms with Crippen molar-refractivity contribution in [3.8, 4) is 0 Å². The van der Waals surface area contributed by atoms with Gasteiger partial charge in [0, 0.05) is 0 Å². The van der Waals surface area contributed by atoms with E-state index in [1.165, 1.54) is 83.5 Å². The molecule has 0 spiro atoms. The highest BCUT2D eigenvalue weighted by atomic mass is 16.3. The zero-order valence-electron chi connectivity index (χ0n) is 23.2. The first-order valence-electron chi connectivity index (χ1n) is 15.9. The Balaban J connectivity index is 1.10. The third-order valence-corrected chi connectivity index (χ3v) is 13.9. The van der Waals surface area contributed by atoms with Gasteiger partial charge in [0.05, 0.1) is 6.10 Å². The summed E-state index contributed by atoms with van der Waals surface area (Å²) in [7, 11) is 0. The zero-order valence-corrected chi connectivity index (χ0v) is 23.2. The lowest BCUT2D eigenvalue weighted by Crippen LogP contribution is -2.53. The van der Waals surface area contributed by atoms with Gasteiger partial charge in [-0.05, 0) is 166 Å². The fourth-order valence-electron chi connectivity index (χ4n) is 12.8. The summed E-state index contributed by atoms with van der Waals surface area (Å²) in [6.07, 6.45) is 24.7. The maximum Gasteiger partial charge on any atom is 0.0543 e. The van der Waals surface area contributed by atoms with E-state index in [9.17, 15) is 5.11 Å². The van der Waals surface area contributed by atoms with E-state index < -0.39 is 0 Å². The number of fused-ring (bicyclic) bond motifs is 7. The van der Waals surface area contributed by atoms with Gasteiger partial charge in [0.25, 0.3) is 0 Å². The van der Waals surface area contributed by atoms with Gasteiger partial charge in [-0.2, -0.15) is 0 Å². The minimum absolute atomic E-state index is 0.00612. The average Bonchev–Trinajstić information content (AvgIpc) is 3.09. The molecule has 194 valence electrons. The molecule has 6 fully saturated rings. The van der Waals surface area contributed by atoms with Crippen LogP contribution in [0.15, 0.2) is 0 Å². The molecule has 1 heteroatoms. The summed E-state index contributed by atoms with van der Waals surface area (Å²) >= 11 is 0. The van der Waals surface area contributed by atoms with Crippen molar-refractivity contribution in [3.05, 3.63) is 0 Å². The van der Waals surface area contributed by atoms with Gasteiger partial charge in [-0.1, -0.05) is 34.1 Å². The predicted molar refractivity (Wildman–Crippen MR) is 142 cm³/mol. The van der Waals surface area contributed by atoms with Gasteiger partial charge in [0.1, 0.15) is 0 Å². The Kier molecular flexibility index (Phi) is 6.27. The highest BCUT2D eigenvalue weighted by molar-refractivity contribution is 5.09. The van der Waals surface area contributed by atoms with E-state index in [0.29, 0.717) is 10.8 Å². The van der Waals surface area contributed by atoms with Crippen molar-refractivity contribution in [2.45, 2.75) is 143 Å². The average molecular weight is 469 g/mol. The van der Waals surface area contributed by atoms with Crippen molar-refractivity contribution < 1.29 is 5.11 Å². The minimum atomic E-state index is -0.00612. The Hall–Kier alpha value is -0.0400. The largest absolute Gasteiger partial charge is 0.393 e. The van der Waals surface area contributed by atoms with Crippen molar-refractivity contribution in [3.63, 3.8) is 0 Å². The molecule has 0 aromatic rings. The van der Waals surface area contributed by atoms with Crippen molar-refractivity contribution >= 4 is 0 Å². The molecule has 1 N–H and O–H groups in total. The molecule has 0 aromatic carbocycles. The van der Waals surface area contributed by atoms with E-state index in [0.717, 1.165) is 65.6 Å². The molecule has 0 radical (unpaired) electrons. The molecule has 6 aliphatic rings. The molecule has 0 saturated heterocycles. The summed E-state index contributed by atoms with van der Waals surface area (Å²) in [5.41, 5.74) is 1.89. The van der Waals surface area contributed by atoms with Gasteiger partial charge in [0.15, 0.2) is 0 Å². The van der Waals surface area contributed by atoms with Crippen molar-refractivity contribution in [2.24, 2.45) is 63.6 Å².